The Morgan fingerprint density at radius 3 is 2.48 bits per heavy atom. The summed E-state index contributed by atoms with van der Waals surface area (Å²) >= 11 is 0. The van der Waals surface area contributed by atoms with Crippen molar-refractivity contribution in [3.8, 4) is 5.75 Å². The van der Waals surface area contributed by atoms with Crippen LogP contribution in [0.3, 0.4) is 0 Å². The molecule has 3 rings (SSSR count). The molecule has 1 N–H and O–H groups in total. The van der Waals surface area contributed by atoms with Gasteiger partial charge in [-0.15, -0.1) is 0 Å². The third-order valence-corrected chi connectivity index (χ3v) is 7.36. The molecule has 4 heteroatoms. The van der Waals surface area contributed by atoms with E-state index in [9.17, 15) is 9.67 Å². The smallest absolute Gasteiger partial charge is 0.251 e. The SMILES string of the molecule is CC1CP1(=O)OC1=CC=C(C(C)(C)c2ccc(O)cc2)C=CC1. The van der Waals surface area contributed by atoms with Crippen LogP contribution in [0.5, 0.6) is 5.75 Å². The zero-order chi connectivity index (χ0) is 16.7. The lowest BCUT2D eigenvalue weighted by Gasteiger charge is -2.27. The van der Waals surface area contributed by atoms with Crippen molar-refractivity contribution in [2.24, 2.45) is 0 Å². The summed E-state index contributed by atoms with van der Waals surface area (Å²) in [7, 11) is -2.38. The minimum absolute atomic E-state index is 0.187. The highest BCUT2D eigenvalue weighted by Gasteiger charge is 2.49. The standard InChI is InChI=1S/C19H23O3P/c1-14-13-23(14,21)22-18-6-4-5-15(9-12-18)19(2,3)16-7-10-17(20)11-8-16/h4-5,7-12,14,20H,6,13H2,1-3H3. The Balaban J connectivity index is 1.84. The first-order chi connectivity index (χ1) is 10.8. The molecule has 122 valence electrons. The second kappa shape index (κ2) is 5.72. The highest BCUT2D eigenvalue weighted by atomic mass is 31.2. The molecule has 0 bridgehead atoms. The Morgan fingerprint density at radius 1 is 1.22 bits per heavy atom. The number of aromatic hydroxyl groups is 1. The monoisotopic (exact) mass is 330 g/mol. The molecule has 1 fully saturated rings. The molecule has 1 heterocycles. The van der Waals surface area contributed by atoms with Crippen LogP contribution < -0.4 is 0 Å². The fourth-order valence-electron chi connectivity index (χ4n) is 2.78. The maximum absolute atomic E-state index is 12.2. The second-order valence-electron chi connectivity index (χ2n) is 6.88. The fraction of sp³-hybridized carbons (Fsp3) is 0.368. The van der Waals surface area contributed by atoms with Crippen molar-refractivity contribution in [2.75, 3.05) is 6.16 Å². The molecule has 2 atom stereocenters. The van der Waals surface area contributed by atoms with Crippen molar-refractivity contribution >= 4 is 7.37 Å². The predicted molar refractivity (Wildman–Crippen MR) is 94.1 cm³/mol. The number of benzene rings is 1. The third kappa shape index (κ3) is 3.30. The van der Waals surface area contributed by atoms with E-state index < -0.39 is 7.37 Å². The third-order valence-electron chi connectivity index (χ3n) is 4.70. The summed E-state index contributed by atoms with van der Waals surface area (Å²) in [5.41, 5.74) is 2.30. The molecule has 0 amide bonds. The van der Waals surface area contributed by atoms with Crippen LogP contribution in [-0.2, 0) is 14.5 Å². The topological polar surface area (TPSA) is 46.5 Å². The summed E-state index contributed by atoms with van der Waals surface area (Å²) in [6.07, 6.45) is 9.53. The molecule has 0 aromatic heterocycles. The minimum atomic E-state index is -2.38. The van der Waals surface area contributed by atoms with Gasteiger partial charge >= 0.3 is 0 Å². The van der Waals surface area contributed by atoms with Gasteiger partial charge in [-0.3, -0.25) is 4.57 Å². The van der Waals surface area contributed by atoms with E-state index in [1.54, 1.807) is 12.1 Å². The maximum atomic E-state index is 12.2. The lowest BCUT2D eigenvalue weighted by Crippen LogP contribution is -2.19. The molecule has 0 radical (unpaired) electrons. The first-order valence-electron chi connectivity index (χ1n) is 7.97. The van der Waals surface area contributed by atoms with E-state index in [2.05, 4.69) is 26.0 Å². The molecule has 2 aliphatic rings. The van der Waals surface area contributed by atoms with Crippen LogP contribution in [0.2, 0.25) is 0 Å². The first-order valence-corrected chi connectivity index (χ1v) is 9.85. The van der Waals surface area contributed by atoms with E-state index in [1.807, 2.05) is 31.2 Å². The second-order valence-corrected chi connectivity index (χ2v) is 9.76. The number of phenolic OH excluding ortho intramolecular Hbond substituents is 1. The quantitative estimate of drug-likeness (QED) is 0.778. The Kier molecular flexibility index (Phi) is 4.01. The molecule has 0 spiro atoms. The molecule has 1 aromatic carbocycles. The van der Waals surface area contributed by atoms with Crippen LogP contribution in [-0.4, -0.2) is 16.9 Å². The predicted octanol–water partition coefficient (Wildman–Crippen LogP) is 5.14. The largest absolute Gasteiger partial charge is 0.508 e. The van der Waals surface area contributed by atoms with E-state index in [0.29, 0.717) is 12.6 Å². The van der Waals surface area contributed by atoms with Crippen LogP contribution in [0.4, 0.5) is 0 Å². The molecule has 1 saturated heterocycles. The highest BCUT2D eigenvalue weighted by molar-refractivity contribution is 7.67. The minimum Gasteiger partial charge on any atom is -0.508 e. The zero-order valence-electron chi connectivity index (χ0n) is 13.8. The number of hydrogen-bond acceptors (Lipinski definition) is 3. The Morgan fingerprint density at radius 2 is 1.87 bits per heavy atom. The van der Waals surface area contributed by atoms with E-state index in [4.69, 9.17) is 4.52 Å². The summed E-state index contributed by atoms with van der Waals surface area (Å²) in [4.78, 5) is 0. The van der Waals surface area contributed by atoms with Crippen LogP contribution in [0, 0.1) is 0 Å². The van der Waals surface area contributed by atoms with Crippen molar-refractivity contribution in [2.45, 2.75) is 38.3 Å². The summed E-state index contributed by atoms with van der Waals surface area (Å²) in [5.74, 6) is 1.05. The van der Waals surface area contributed by atoms with Gasteiger partial charge in [0.1, 0.15) is 11.5 Å². The van der Waals surface area contributed by atoms with Crippen LogP contribution in [0.1, 0.15) is 32.8 Å². The summed E-state index contributed by atoms with van der Waals surface area (Å²) in [5, 5.41) is 9.47. The first kappa shape index (κ1) is 16.1. The number of rotatable bonds is 4. The van der Waals surface area contributed by atoms with Crippen LogP contribution in [0.25, 0.3) is 0 Å². The summed E-state index contributed by atoms with van der Waals surface area (Å²) < 4.78 is 18.0. The van der Waals surface area contributed by atoms with Crippen molar-refractivity contribution in [1.29, 1.82) is 0 Å². The Bertz CT molecular complexity index is 738. The van der Waals surface area contributed by atoms with E-state index in [0.717, 1.165) is 16.9 Å². The number of hydrogen-bond donors (Lipinski definition) is 1. The summed E-state index contributed by atoms with van der Waals surface area (Å²) in [6, 6.07) is 7.31. The van der Waals surface area contributed by atoms with Crippen LogP contribution in [0.15, 0.2) is 59.9 Å². The molecule has 0 saturated carbocycles. The lowest BCUT2D eigenvalue weighted by molar-refractivity contribution is 0.413. The molecule has 23 heavy (non-hydrogen) atoms. The van der Waals surface area contributed by atoms with Gasteiger partial charge in [0.05, 0.1) is 5.66 Å². The molecule has 1 aliphatic heterocycles. The Hall–Kier alpha value is -1.73. The normalized spacial score (nSPS) is 27.0. The van der Waals surface area contributed by atoms with Crippen molar-refractivity contribution in [3.05, 3.63) is 65.5 Å². The number of allylic oxidation sites excluding steroid dienone is 5. The molecule has 2 unspecified atom stereocenters. The van der Waals surface area contributed by atoms with Crippen LogP contribution >= 0.6 is 7.37 Å². The molecule has 1 aromatic rings. The van der Waals surface area contributed by atoms with Gasteiger partial charge in [0.25, 0.3) is 7.37 Å². The van der Waals surface area contributed by atoms with E-state index in [1.165, 1.54) is 0 Å². The molecular formula is C19H23O3P. The van der Waals surface area contributed by atoms with Gasteiger partial charge in [0.15, 0.2) is 0 Å². The van der Waals surface area contributed by atoms with Gasteiger partial charge in [-0.2, -0.15) is 0 Å². The zero-order valence-corrected chi connectivity index (χ0v) is 14.7. The average molecular weight is 330 g/mol. The number of phenols is 1. The van der Waals surface area contributed by atoms with E-state index >= 15 is 0 Å². The van der Waals surface area contributed by atoms with Gasteiger partial charge in [-0.05, 0) is 29.3 Å². The molecule has 1 aliphatic carbocycles. The van der Waals surface area contributed by atoms with Crippen molar-refractivity contribution in [3.63, 3.8) is 0 Å². The van der Waals surface area contributed by atoms with Gasteiger partial charge in [0, 0.05) is 18.0 Å². The Labute approximate surface area is 137 Å². The van der Waals surface area contributed by atoms with Gasteiger partial charge in [-0.1, -0.05) is 51.1 Å². The molecule has 3 nitrogen and oxygen atoms in total. The highest BCUT2D eigenvalue weighted by Crippen LogP contribution is 2.69. The van der Waals surface area contributed by atoms with E-state index in [-0.39, 0.29) is 16.8 Å². The fourth-order valence-corrected chi connectivity index (χ4v) is 4.61. The summed E-state index contributed by atoms with van der Waals surface area (Å²) in [6.45, 7) is 6.28. The van der Waals surface area contributed by atoms with Crippen molar-refractivity contribution < 1.29 is 14.2 Å². The van der Waals surface area contributed by atoms with Gasteiger partial charge in [0.2, 0.25) is 0 Å². The van der Waals surface area contributed by atoms with Gasteiger partial charge in [-0.25, -0.2) is 0 Å². The van der Waals surface area contributed by atoms with Gasteiger partial charge < -0.3 is 9.63 Å². The lowest BCUT2D eigenvalue weighted by atomic mass is 9.77. The average Bonchev–Trinajstić information content (AvgIpc) is 3.16. The maximum Gasteiger partial charge on any atom is 0.251 e. The molecular weight excluding hydrogens is 307 g/mol. The van der Waals surface area contributed by atoms with Crippen molar-refractivity contribution in [1.82, 2.24) is 0 Å².